The maximum atomic E-state index is 13.3. The van der Waals surface area contributed by atoms with Gasteiger partial charge in [0, 0.05) is 42.9 Å². The average Bonchev–Trinajstić information content (AvgIpc) is 3.07. The zero-order valence-electron chi connectivity index (χ0n) is 17.3. The highest BCUT2D eigenvalue weighted by Gasteiger charge is 2.25. The second kappa shape index (κ2) is 7.46. The van der Waals surface area contributed by atoms with Crippen LogP contribution in [0.25, 0.3) is 15.9 Å². The van der Waals surface area contributed by atoms with Crippen LogP contribution in [-0.2, 0) is 0 Å². The number of piperazine rings is 1. The molecule has 1 aliphatic rings. The van der Waals surface area contributed by atoms with Crippen molar-refractivity contribution in [3.63, 3.8) is 0 Å². The number of aryl methyl sites for hydroxylation is 2. The fourth-order valence-electron chi connectivity index (χ4n) is 4.09. The third-order valence-electron chi connectivity index (χ3n) is 5.96. The second-order valence-electron chi connectivity index (χ2n) is 7.75. The minimum Gasteiger partial charge on any atom is -0.368 e. The summed E-state index contributed by atoms with van der Waals surface area (Å²) in [6, 6.07) is 9.85. The molecule has 1 aromatic carbocycles. The number of thiophene rings is 1. The van der Waals surface area contributed by atoms with E-state index in [0.29, 0.717) is 47.6 Å². The summed E-state index contributed by atoms with van der Waals surface area (Å²) in [5.41, 5.74) is 2.57. The zero-order chi connectivity index (χ0) is 21.7. The quantitative estimate of drug-likeness (QED) is 0.482. The van der Waals surface area contributed by atoms with Gasteiger partial charge in [-0.15, -0.1) is 11.3 Å². The molecule has 3 aromatic heterocycles. The number of amides is 1. The molecule has 4 aromatic rings. The van der Waals surface area contributed by atoms with Gasteiger partial charge in [0.15, 0.2) is 5.65 Å². The van der Waals surface area contributed by atoms with E-state index in [2.05, 4.69) is 4.90 Å². The van der Waals surface area contributed by atoms with Crippen LogP contribution >= 0.6 is 11.3 Å². The van der Waals surface area contributed by atoms with E-state index in [0.717, 1.165) is 16.1 Å². The Morgan fingerprint density at radius 1 is 1.06 bits per heavy atom. The Morgan fingerprint density at radius 2 is 1.77 bits per heavy atom. The van der Waals surface area contributed by atoms with E-state index < -0.39 is 0 Å². The van der Waals surface area contributed by atoms with Crippen molar-refractivity contribution in [3.05, 3.63) is 74.8 Å². The Balaban J connectivity index is 1.46. The number of carbonyl (C=O) groups excluding carboxylic acids is 1. The maximum absolute atomic E-state index is 13.3. The van der Waals surface area contributed by atoms with Crippen LogP contribution < -0.4 is 10.5 Å². The summed E-state index contributed by atoms with van der Waals surface area (Å²) in [5, 5.41) is 0.623. The van der Waals surface area contributed by atoms with Gasteiger partial charge in [0.1, 0.15) is 10.6 Å². The van der Waals surface area contributed by atoms with Crippen LogP contribution in [-0.4, -0.2) is 46.4 Å². The number of benzene rings is 1. The van der Waals surface area contributed by atoms with Gasteiger partial charge in [-0.3, -0.25) is 14.0 Å². The molecule has 1 aliphatic heterocycles. The van der Waals surface area contributed by atoms with Crippen LogP contribution in [0.3, 0.4) is 0 Å². The first-order valence-electron chi connectivity index (χ1n) is 10.1. The predicted molar refractivity (Wildman–Crippen MR) is 121 cm³/mol. The normalized spacial score (nSPS) is 14.5. The van der Waals surface area contributed by atoms with Gasteiger partial charge in [-0.1, -0.05) is 0 Å². The molecule has 0 bridgehead atoms. The minimum atomic E-state index is -0.263. The van der Waals surface area contributed by atoms with Crippen LogP contribution in [0.5, 0.6) is 0 Å². The van der Waals surface area contributed by atoms with Gasteiger partial charge in [-0.05, 0) is 55.8 Å². The predicted octanol–water partition coefficient (Wildman–Crippen LogP) is 3.63. The van der Waals surface area contributed by atoms with Crippen molar-refractivity contribution >= 4 is 38.8 Å². The SMILES string of the molecule is Cc1sc2nc3c(C(=O)N4CCN(c5ccc(F)cc5)CC4)cccn3c(=O)c2c1C. The smallest absolute Gasteiger partial charge is 0.266 e. The van der Waals surface area contributed by atoms with Gasteiger partial charge in [0.05, 0.1) is 10.9 Å². The molecule has 8 heteroatoms. The Kier molecular flexibility index (Phi) is 4.74. The number of pyridine rings is 1. The summed E-state index contributed by atoms with van der Waals surface area (Å²) >= 11 is 1.48. The lowest BCUT2D eigenvalue weighted by Gasteiger charge is -2.36. The molecule has 5 rings (SSSR count). The second-order valence-corrected chi connectivity index (χ2v) is 8.95. The Labute approximate surface area is 182 Å². The van der Waals surface area contributed by atoms with Crippen molar-refractivity contribution in [1.82, 2.24) is 14.3 Å². The lowest BCUT2D eigenvalue weighted by atomic mass is 10.1. The molecule has 0 aliphatic carbocycles. The number of aromatic nitrogens is 2. The molecule has 1 fully saturated rings. The lowest BCUT2D eigenvalue weighted by molar-refractivity contribution is 0.0748. The van der Waals surface area contributed by atoms with Crippen LogP contribution in [0.2, 0.25) is 0 Å². The van der Waals surface area contributed by atoms with E-state index in [-0.39, 0.29) is 17.3 Å². The summed E-state index contributed by atoms with van der Waals surface area (Å²) in [6.07, 6.45) is 1.67. The van der Waals surface area contributed by atoms with Crippen molar-refractivity contribution in [2.24, 2.45) is 0 Å². The highest BCUT2D eigenvalue weighted by Crippen LogP contribution is 2.27. The van der Waals surface area contributed by atoms with Crippen LogP contribution in [0, 0.1) is 19.7 Å². The molecule has 0 saturated carbocycles. The zero-order valence-corrected chi connectivity index (χ0v) is 18.1. The first-order chi connectivity index (χ1) is 14.9. The number of rotatable bonds is 2. The summed E-state index contributed by atoms with van der Waals surface area (Å²) in [7, 11) is 0. The summed E-state index contributed by atoms with van der Waals surface area (Å²) in [6.45, 7) is 6.30. The third-order valence-corrected chi connectivity index (χ3v) is 7.06. The molecule has 0 radical (unpaired) electrons. The van der Waals surface area contributed by atoms with E-state index in [1.807, 2.05) is 13.8 Å². The Hall–Kier alpha value is -3.26. The summed E-state index contributed by atoms with van der Waals surface area (Å²) in [4.78, 5) is 36.7. The van der Waals surface area contributed by atoms with Crippen molar-refractivity contribution in [3.8, 4) is 0 Å². The van der Waals surface area contributed by atoms with Crippen LogP contribution in [0.4, 0.5) is 10.1 Å². The monoisotopic (exact) mass is 436 g/mol. The lowest BCUT2D eigenvalue weighted by Crippen LogP contribution is -2.49. The average molecular weight is 437 g/mol. The summed E-state index contributed by atoms with van der Waals surface area (Å²) < 4.78 is 14.7. The number of hydrogen-bond acceptors (Lipinski definition) is 5. The number of carbonyl (C=O) groups is 1. The third kappa shape index (κ3) is 3.27. The van der Waals surface area contributed by atoms with Gasteiger partial charge < -0.3 is 9.80 Å². The van der Waals surface area contributed by atoms with Gasteiger partial charge >= 0.3 is 0 Å². The number of fused-ring (bicyclic) bond motifs is 2. The van der Waals surface area contributed by atoms with Gasteiger partial charge in [0.25, 0.3) is 11.5 Å². The fraction of sp³-hybridized carbons (Fsp3) is 0.261. The van der Waals surface area contributed by atoms with Crippen LogP contribution in [0.15, 0.2) is 47.4 Å². The maximum Gasteiger partial charge on any atom is 0.266 e. The van der Waals surface area contributed by atoms with E-state index in [4.69, 9.17) is 4.98 Å². The Morgan fingerprint density at radius 3 is 2.48 bits per heavy atom. The standard InChI is InChI=1S/C23H21FN4O2S/c1-14-15(2)31-21-19(14)23(30)28-9-3-4-18(20(28)25-21)22(29)27-12-10-26(11-13-27)17-7-5-16(24)6-8-17/h3-9H,10-13H2,1-2H3. The van der Waals surface area contributed by atoms with E-state index in [1.165, 1.54) is 27.9 Å². The molecular weight excluding hydrogens is 415 g/mol. The van der Waals surface area contributed by atoms with Gasteiger partial charge in [-0.2, -0.15) is 0 Å². The van der Waals surface area contributed by atoms with E-state index in [1.54, 1.807) is 35.4 Å². The van der Waals surface area contributed by atoms with Gasteiger partial charge in [-0.25, -0.2) is 9.37 Å². The van der Waals surface area contributed by atoms with Crippen molar-refractivity contribution < 1.29 is 9.18 Å². The molecule has 0 atom stereocenters. The molecule has 1 saturated heterocycles. The molecule has 0 N–H and O–H groups in total. The summed E-state index contributed by atoms with van der Waals surface area (Å²) in [5.74, 6) is -0.394. The molecule has 6 nitrogen and oxygen atoms in total. The minimum absolute atomic E-state index is 0.131. The molecule has 31 heavy (non-hydrogen) atoms. The van der Waals surface area contributed by atoms with E-state index >= 15 is 0 Å². The molecule has 0 unspecified atom stereocenters. The fourth-order valence-corrected chi connectivity index (χ4v) is 5.11. The van der Waals surface area contributed by atoms with Crippen molar-refractivity contribution in [1.29, 1.82) is 0 Å². The van der Waals surface area contributed by atoms with Crippen molar-refractivity contribution in [2.45, 2.75) is 13.8 Å². The molecular formula is C23H21FN4O2S. The first-order valence-corrected chi connectivity index (χ1v) is 11.0. The van der Waals surface area contributed by atoms with E-state index in [9.17, 15) is 14.0 Å². The largest absolute Gasteiger partial charge is 0.368 e. The van der Waals surface area contributed by atoms with Crippen LogP contribution in [0.1, 0.15) is 20.8 Å². The highest BCUT2D eigenvalue weighted by molar-refractivity contribution is 7.18. The topological polar surface area (TPSA) is 57.9 Å². The number of nitrogens with zero attached hydrogens (tertiary/aromatic N) is 4. The first kappa shape index (κ1) is 19.7. The molecule has 4 heterocycles. The molecule has 158 valence electrons. The molecule has 0 spiro atoms. The number of hydrogen-bond donors (Lipinski definition) is 0. The number of halogens is 1. The highest BCUT2D eigenvalue weighted by atomic mass is 32.1. The van der Waals surface area contributed by atoms with Crippen molar-refractivity contribution in [2.75, 3.05) is 31.1 Å². The Bertz CT molecular complexity index is 1370. The van der Waals surface area contributed by atoms with Gasteiger partial charge in [0.2, 0.25) is 0 Å². The number of anilines is 1. The molecule has 1 amide bonds.